The van der Waals surface area contributed by atoms with Gasteiger partial charge in [0.05, 0.1) is 10.2 Å². The topological polar surface area (TPSA) is 37.3 Å². The van der Waals surface area contributed by atoms with Crippen molar-refractivity contribution in [1.82, 2.24) is 0 Å². The number of hydrogen-bond acceptors (Lipinski definition) is 4. The van der Waals surface area contributed by atoms with Crippen LogP contribution in [0.3, 0.4) is 0 Å². The minimum atomic E-state index is -0.414. The maximum atomic E-state index is 11.9. The molecule has 0 spiro atoms. The molecular formula is C19H34O2S2. The Bertz CT molecular complexity index is 353. The molecule has 2 atom stereocenters. The molecule has 2 fully saturated rings. The Morgan fingerprint density at radius 2 is 1.83 bits per heavy atom. The highest BCUT2D eigenvalue weighted by Gasteiger charge is 2.40. The van der Waals surface area contributed by atoms with Crippen molar-refractivity contribution in [3.05, 3.63) is 0 Å². The monoisotopic (exact) mass is 358 g/mol. The number of hydrogen-bond donors (Lipinski definition) is 1. The maximum Gasteiger partial charge on any atom is 0.138 e. The summed E-state index contributed by atoms with van der Waals surface area (Å²) >= 11 is 4.12. The van der Waals surface area contributed by atoms with Crippen molar-refractivity contribution in [1.29, 1.82) is 0 Å². The fourth-order valence-corrected chi connectivity index (χ4v) is 7.36. The van der Waals surface area contributed by atoms with E-state index in [1.807, 2.05) is 0 Å². The molecule has 2 rings (SSSR count). The van der Waals surface area contributed by atoms with Gasteiger partial charge in [0.2, 0.25) is 0 Å². The molecule has 0 amide bonds. The highest BCUT2D eigenvalue weighted by molar-refractivity contribution is 8.18. The van der Waals surface area contributed by atoms with Gasteiger partial charge in [-0.05, 0) is 43.6 Å². The van der Waals surface area contributed by atoms with Gasteiger partial charge in [0, 0.05) is 12.3 Å². The van der Waals surface area contributed by atoms with Crippen molar-refractivity contribution in [3.63, 3.8) is 0 Å². The van der Waals surface area contributed by atoms with Crippen molar-refractivity contribution < 1.29 is 9.90 Å². The highest BCUT2D eigenvalue weighted by Crippen LogP contribution is 2.50. The minimum Gasteiger partial charge on any atom is -0.392 e. The fraction of sp³-hybridized carbons (Fsp3) is 0.947. The molecule has 2 nitrogen and oxygen atoms in total. The predicted octanol–water partition coefficient (Wildman–Crippen LogP) is 5.42. The van der Waals surface area contributed by atoms with E-state index in [4.69, 9.17) is 0 Å². The smallest absolute Gasteiger partial charge is 0.138 e. The average molecular weight is 359 g/mol. The number of rotatable bonds is 10. The zero-order valence-electron chi connectivity index (χ0n) is 14.7. The second-order valence-corrected chi connectivity index (χ2v) is 10.4. The van der Waals surface area contributed by atoms with Crippen molar-refractivity contribution in [3.8, 4) is 0 Å². The van der Waals surface area contributed by atoms with Gasteiger partial charge in [0.15, 0.2) is 0 Å². The number of carbonyl (C=O) groups excluding carboxylic acids is 1. The van der Waals surface area contributed by atoms with Crippen molar-refractivity contribution >= 4 is 29.3 Å². The van der Waals surface area contributed by atoms with Crippen LogP contribution >= 0.6 is 23.5 Å². The van der Waals surface area contributed by atoms with Crippen LogP contribution in [0.5, 0.6) is 0 Å². The summed E-state index contributed by atoms with van der Waals surface area (Å²) in [6.07, 6.45) is 13.4. The average Bonchev–Trinajstić information content (AvgIpc) is 2.98. The molecule has 134 valence electrons. The zero-order valence-corrected chi connectivity index (χ0v) is 16.4. The van der Waals surface area contributed by atoms with Crippen molar-refractivity contribution in [2.75, 3.05) is 11.5 Å². The summed E-state index contributed by atoms with van der Waals surface area (Å²) in [7, 11) is 0. The van der Waals surface area contributed by atoms with E-state index in [9.17, 15) is 9.90 Å². The molecule has 23 heavy (non-hydrogen) atoms. The normalized spacial score (nSPS) is 25.7. The first-order valence-electron chi connectivity index (χ1n) is 9.65. The van der Waals surface area contributed by atoms with Gasteiger partial charge in [0.1, 0.15) is 5.78 Å². The van der Waals surface area contributed by atoms with Crippen LogP contribution < -0.4 is 0 Å². The van der Waals surface area contributed by atoms with Gasteiger partial charge in [-0.25, -0.2) is 0 Å². The first-order valence-corrected chi connectivity index (χ1v) is 11.6. The SMILES string of the molecule is CCCCCCCCC1(C[C@@H](O)[C@H]2CCCC2=O)SCCCS1. The molecule has 0 aromatic heterocycles. The molecule has 0 radical (unpaired) electrons. The van der Waals surface area contributed by atoms with Crippen LogP contribution in [0.2, 0.25) is 0 Å². The Morgan fingerprint density at radius 3 is 2.48 bits per heavy atom. The lowest BCUT2D eigenvalue weighted by Crippen LogP contribution is -2.35. The number of aliphatic hydroxyl groups is 1. The summed E-state index contributed by atoms with van der Waals surface area (Å²) in [5.74, 6) is 2.67. The quantitative estimate of drug-likeness (QED) is 0.529. The van der Waals surface area contributed by atoms with Crippen LogP contribution in [0.4, 0.5) is 0 Å². The van der Waals surface area contributed by atoms with E-state index in [-0.39, 0.29) is 10.00 Å². The third-order valence-corrected chi connectivity index (χ3v) is 8.75. The van der Waals surface area contributed by atoms with E-state index in [1.165, 1.54) is 62.9 Å². The van der Waals surface area contributed by atoms with Gasteiger partial charge in [-0.3, -0.25) is 4.79 Å². The van der Waals surface area contributed by atoms with E-state index in [1.54, 1.807) is 0 Å². The number of aliphatic hydroxyl groups excluding tert-OH is 1. The largest absolute Gasteiger partial charge is 0.392 e. The third-order valence-electron chi connectivity index (χ3n) is 5.27. The summed E-state index contributed by atoms with van der Waals surface area (Å²) in [6.45, 7) is 2.26. The number of Topliss-reactive ketones (excluding diaryl/α,β-unsaturated/α-hetero) is 1. The third kappa shape index (κ3) is 6.28. The van der Waals surface area contributed by atoms with E-state index in [0.717, 1.165) is 19.3 Å². The van der Waals surface area contributed by atoms with Gasteiger partial charge in [-0.1, -0.05) is 45.4 Å². The molecule has 1 heterocycles. The number of ketones is 1. The van der Waals surface area contributed by atoms with Gasteiger partial charge >= 0.3 is 0 Å². The van der Waals surface area contributed by atoms with Gasteiger partial charge in [0.25, 0.3) is 0 Å². The van der Waals surface area contributed by atoms with E-state index < -0.39 is 6.10 Å². The molecule has 1 N–H and O–H groups in total. The van der Waals surface area contributed by atoms with Gasteiger partial charge in [-0.15, -0.1) is 23.5 Å². The molecule has 0 unspecified atom stereocenters. The molecule has 0 aromatic carbocycles. The first kappa shape index (κ1) is 19.7. The van der Waals surface area contributed by atoms with Crippen LogP contribution in [0.15, 0.2) is 0 Å². The van der Waals surface area contributed by atoms with Crippen LogP contribution in [0.25, 0.3) is 0 Å². The molecular weight excluding hydrogens is 324 g/mol. The van der Waals surface area contributed by atoms with E-state index in [0.29, 0.717) is 12.2 Å². The highest BCUT2D eigenvalue weighted by atomic mass is 32.2. The van der Waals surface area contributed by atoms with Crippen LogP contribution in [-0.2, 0) is 4.79 Å². The fourth-order valence-electron chi connectivity index (χ4n) is 3.87. The maximum absolute atomic E-state index is 11.9. The predicted molar refractivity (Wildman–Crippen MR) is 103 cm³/mol. The molecule has 2 aliphatic rings. The Labute approximate surface area is 150 Å². The van der Waals surface area contributed by atoms with Crippen LogP contribution in [0, 0.1) is 5.92 Å². The first-order chi connectivity index (χ1) is 11.2. The number of unbranched alkanes of at least 4 members (excludes halogenated alkanes) is 5. The summed E-state index contributed by atoms with van der Waals surface area (Å²) in [6, 6.07) is 0. The molecule has 4 heteroatoms. The van der Waals surface area contributed by atoms with Crippen molar-refractivity contribution in [2.45, 2.75) is 94.2 Å². The summed E-state index contributed by atoms with van der Waals surface area (Å²) in [4.78, 5) is 11.9. The van der Waals surface area contributed by atoms with Gasteiger partial charge < -0.3 is 5.11 Å². The number of carbonyl (C=O) groups is 1. The lowest BCUT2D eigenvalue weighted by atomic mass is 9.94. The van der Waals surface area contributed by atoms with Gasteiger partial charge in [-0.2, -0.15) is 0 Å². The zero-order chi connectivity index (χ0) is 16.5. The summed E-state index contributed by atoms with van der Waals surface area (Å²) in [5, 5.41) is 10.7. The standard InChI is InChI=1S/C19H34O2S2/c1-2-3-4-5-6-7-12-19(22-13-9-14-23-19)15-18(21)16-10-8-11-17(16)20/h16,18,21H,2-15H2,1H3/t16-,18+/m0/s1. The number of thioether (sulfide) groups is 2. The molecule has 0 aromatic rings. The second kappa shape index (κ2) is 10.4. The Morgan fingerprint density at radius 1 is 1.13 bits per heavy atom. The lowest BCUT2D eigenvalue weighted by molar-refractivity contribution is -0.123. The summed E-state index contributed by atoms with van der Waals surface area (Å²) in [5.41, 5.74) is 0. The Hall–Kier alpha value is 0.330. The molecule has 1 aliphatic carbocycles. The molecule has 0 bridgehead atoms. The van der Waals surface area contributed by atoms with E-state index in [2.05, 4.69) is 30.4 Å². The second-order valence-electron chi connectivity index (χ2n) is 7.22. The van der Waals surface area contributed by atoms with Crippen LogP contribution in [0.1, 0.15) is 84.0 Å². The van der Waals surface area contributed by atoms with Crippen LogP contribution in [-0.4, -0.2) is 32.6 Å². The minimum absolute atomic E-state index is 0.0699. The lowest BCUT2D eigenvalue weighted by Gasteiger charge is -2.38. The van der Waals surface area contributed by atoms with Crippen molar-refractivity contribution in [2.24, 2.45) is 5.92 Å². The molecule has 1 saturated carbocycles. The summed E-state index contributed by atoms with van der Waals surface area (Å²) < 4.78 is 0.172. The molecule has 1 aliphatic heterocycles. The van der Waals surface area contributed by atoms with E-state index >= 15 is 0 Å². The molecule has 1 saturated heterocycles. The Balaban J connectivity index is 1.81. The Kier molecular flexibility index (Phi) is 8.84.